The molecule has 0 aliphatic heterocycles. The zero-order valence-electron chi connectivity index (χ0n) is 36.3. The summed E-state index contributed by atoms with van der Waals surface area (Å²) in [5.41, 5.74) is 3.42. The van der Waals surface area contributed by atoms with Crippen LogP contribution in [-0.2, 0) is 38.9 Å². The fourth-order valence-electron chi connectivity index (χ4n) is 9.08. The number of unbranched alkanes of at least 4 members (excludes halogenated alkanes) is 4. The first-order valence-electron chi connectivity index (χ1n) is 21.3. The summed E-state index contributed by atoms with van der Waals surface area (Å²) >= 11 is -5.11. The monoisotopic (exact) mass is 846 g/mol. The number of methoxy groups -OCH3 is 2. The molecule has 6 rings (SSSR count). The van der Waals surface area contributed by atoms with Crippen molar-refractivity contribution in [3.63, 3.8) is 0 Å². The van der Waals surface area contributed by atoms with E-state index in [1.165, 1.54) is 24.3 Å². The van der Waals surface area contributed by atoms with Gasteiger partial charge in [-0.25, -0.2) is 0 Å². The second-order valence-electron chi connectivity index (χ2n) is 17.6. The second-order valence-corrected chi connectivity index (χ2v) is 23.5. The van der Waals surface area contributed by atoms with E-state index < -0.39 is 39.9 Å². The first-order valence-corrected chi connectivity index (χ1v) is 24.4. The average Bonchev–Trinajstić information content (AvgIpc) is 4.05. The number of nitrogens with zero attached hydrogens (tertiary/aromatic N) is 2. The van der Waals surface area contributed by atoms with E-state index in [4.69, 9.17) is 9.47 Å². The van der Waals surface area contributed by atoms with Crippen LogP contribution < -0.4 is 7.74 Å². The third-order valence-corrected chi connectivity index (χ3v) is 20.7. The van der Waals surface area contributed by atoms with Crippen molar-refractivity contribution in [3.05, 3.63) is 139 Å². The molecule has 4 aromatic rings. The summed E-state index contributed by atoms with van der Waals surface area (Å²) in [6.07, 6.45) is 20.9. The molecule has 0 N–H and O–H groups in total. The van der Waals surface area contributed by atoms with Gasteiger partial charge in [0.15, 0.2) is 0 Å². The molecule has 4 nitrogen and oxygen atoms in total. The van der Waals surface area contributed by atoms with Crippen molar-refractivity contribution in [3.8, 4) is 11.4 Å². The van der Waals surface area contributed by atoms with Crippen molar-refractivity contribution in [2.75, 3.05) is 14.2 Å². The first-order chi connectivity index (χ1) is 28.2. The van der Waals surface area contributed by atoms with Gasteiger partial charge in [0, 0.05) is 14.2 Å². The van der Waals surface area contributed by atoms with E-state index in [2.05, 4.69) is 27.7 Å². The van der Waals surface area contributed by atoms with Gasteiger partial charge in [0.05, 0.1) is 0 Å². The molecular formula is C50H62F4N2O2Ti. The Hall–Kier alpha value is -3.69. The minimum atomic E-state index is -5.11. The number of benzene rings is 2. The van der Waals surface area contributed by atoms with Crippen LogP contribution in [0.5, 0.6) is 0 Å². The number of aromatic nitrogens is 2. The van der Waals surface area contributed by atoms with Crippen LogP contribution in [0.25, 0.3) is 11.4 Å². The molecule has 2 heterocycles. The Kier molecular flexibility index (Phi) is 14.4. The van der Waals surface area contributed by atoms with E-state index in [1.54, 1.807) is 14.2 Å². The Morgan fingerprint density at radius 2 is 0.966 bits per heavy atom. The molecule has 2 aromatic heterocycles. The Balaban J connectivity index is 1.47. The van der Waals surface area contributed by atoms with Gasteiger partial charge in [0.25, 0.3) is 0 Å². The molecule has 2 aliphatic carbocycles. The van der Waals surface area contributed by atoms with Gasteiger partial charge < -0.3 is 0 Å². The van der Waals surface area contributed by atoms with Crippen LogP contribution in [0, 0.1) is 37.1 Å². The van der Waals surface area contributed by atoms with Crippen LogP contribution in [0.15, 0.2) is 92.7 Å². The van der Waals surface area contributed by atoms with Crippen LogP contribution in [0.1, 0.15) is 115 Å². The van der Waals surface area contributed by atoms with Crippen LogP contribution in [0.3, 0.4) is 0 Å². The normalized spacial score (nSPS) is 14.5. The fraction of sp³-hybridized carbons (Fsp3) is 0.440. The number of rotatable bonds is 20. The molecule has 2 aromatic carbocycles. The Labute approximate surface area is 353 Å². The zero-order chi connectivity index (χ0) is 42.5. The summed E-state index contributed by atoms with van der Waals surface area (Å²) < 4.78 is 86.1. The molecule has 0 bridgehead atoms. The standard InChI is InChI=1S/2C20H26F2NO.2C5H5.Ti/c2*1-15-9-11-17(8-6-5-7-13-20(2,3)24-4)23(15)19-12-10-16(21)14-18(19)22;2*1-2-4-5-3-1;/h2*9-12H,5-8,13H2,1-4H3;2*1-3H,4H2;. The maximum absolute atomic E-state index is 18.0. The van der Waals surface area contributed by atoms with E-state index >= 15 is 17.6 Å². The van der Waals surface area contributed by atoms with Crippen molar-refractivity contribution in [1.29, 1.82) is 0 Å². The van der Waals surface area contributed by atoms with Crippen molar-refractivity contribution in [2.24, 2.45) is 0 Å². The van der Waals surface area contributed by atoms with Gasteiger partial charge in [-0.15, -0.1) is 0 Å². The molecule has 59 heavy (non-hydrogen) atoms. The van der Waals surface area contributed by atoms with Crippen molar-refractivity contribution in [2.45, 2.75) is 130 Å². The molecule has 0 amide bonds. The van der Waals surface area contributed by atoms with Gasteiger partial charge in [0.1, 0.15) is 0 Å². The topological polar surface area (TPSA) is 28.3 Å². The van der Waals surface area contributed by atoms with Crippen LogP contribution in [0.2, 0.25) is 0 Å². The number of hydrogen-bond donors (Lipinski definition) is 0. The molecule has 0 atom stereocenters. The summed E-state index contributed by atoms with van der Waals surface area (Å²) in [7, 11) is 3.46. The Bertz CT molecular complexity index is 2100. The van der Waals surface area contributed by atoms with E-state index in [0.717, 1.165) is 74.1 Å². The predicted octanol–water partition coefficient (Wildman–Crippen LogP) is 12.3. The van der Waals surface area contributed by atoms with Crippen molar-refractivity contribution in [1.82, 2.24) is 9.13 Å². The summed E-state index contributed by atoms with van der Waals surface area (Å²) in [5, 5.41) is 0. The van der Waals surface area contributed by atoms with Crippen molar-refractivity contribution < 1.29 is 43.6 Å². The molecule has 0 unspecified atom stereocenters. The Morgan fingerprint density at radius 3 is 1.32 bits per heavy atom. The van der Waals surface area contributed by atoms with E-state index in [-0.39, 0.29) is 30.3 Å². The average molecular weight is 847 g/mol. The molecule has 0 spiro atoms. The number of allylic oxidation sites excluding steroid dienone is 8. The number of ether oxygens (including phenoxy) is 2. The zero-order valence-corrected chi connectivity index (χ0v) is 37.9. The van der Waals surface area contributed by atoms with Crippen LogP contribution in [0.4, 0.5) is 17.6 Å². The summed E-state index contributed by atoms with van der Waals surface area (Å²) in [4.78, 5) is 0. The van der Waals surface area contributed by atoms with E-state index in [1.807, 2.05) is 83.7 Å². The fourth-order valence-corrected chi connectivity index (χ4v) is 17.3. The van der Waals surface area contributed by atoms with Gasteiger partial charge in [-0.05, 0) is 0 Å². The van der Waals surface area contributed by atoms with Crippen LogP contribution >= 0.6 is 0 Å². The Morgan fingerprint density at radius 1 is 0.559 bits per heavy atom. The molecule has 0 radical (unpaired) electrons. The second kappa shape index (κ2) is 18.9. The molecule has 0 fully saturated rings. The van der Waals surface area contributed by atoms with Gasteiger partial charge in [0.2, 0.25) is 0 Å². The summed E-state index contributed by atoms with van der Waals surface area (Å²) in [6, 6.07) is 13.5. The molecule has 316 valence electrons. The molecular weight excluding hydrogens is 784 g/mol. The van der Waals surface area contributed by atoms with Crippen molar-refractivity contribution >= 4 is 7.74 Å². The van der Waals surface area contributed by atoms with Gasteiger partial charge in [-0.2, -0.15) is 0 Å². The third kappa shape index (κ3) is 9.32. The minimum absolute atomic E-state index is 0.188. The quantitative estimate of drug-likeness (QED) is 0.0504. The van der Waals surface area contributed by atoms with Gasteiger partial charge in [-0.1, -0.05) is 0 Å². The number of halogens is 4. The first kappa shape index (κ1) is 44.9. The molecule has 2 aliphatic rings. The maximum atomic E-state index is 18.0. The molecule has 0 saturated carbocycles. The number of aryl methyl sites for hydroxylation is 4. The predicted molar refractivity (Wildman–Crippen MR) is 230 cm³/mol. The van der Waals surface area contributed by atoms with Gasteiger partial charge in [-0.3, -0.25) is 0 Å². The molecule has 9 heteroatoms. The SMILES string of the molecule is COC(C)(C)CCCCCc1ccc(C)n1-c1ccc(F)[c]([Ti]([C]2=CC=CC2)([C]2=CC=CC2)[c]2c(F)ccc(-n3c(C)ccc3CCCCCC(C)(C)OC)c2F)c1F. The third-order valence-electron chi connectivity index (χ3n) is 12.7. The van der Waals surface area contributed by atoms with Crippen LogP contribution in [-0.4, -0.2) is 34.6 Å². The summed E-state index contributed by atoms with van der Waals surface area (Å²) in [5.74, 6) is -3.08. The molecule has 0 saturated heterocycles. The van der Waals surface area contributed by atoms with E-state index in [9.17, 15) is 0 Å². The van der Waals surface area contributed by atoms with Gasteiger partial charge >= 0.3 is 340 Å². The van der Waals surface area contributed by atoms with E-state index in [0.29, 0.717) is 33.4 Å². The summed E-state index contributed by atoms with van der Waals surface area (Å²) in [6.45, 7) is 12.1. The number of hydrogen-bond acceptors (Lipinski definition) is 2.